The normalized spacial score (nSPS) is 11.9. The van der Waals surface area contributed by atoms with E-state index in [-0.39, 0.29) is 6.61 Å². The Hall–Kier alpha value is -1.55. The Balaban J connectivity index is 2.54. The molecule has 1 rings (SSSR count). The molecular formula is C12H16O4. The third-order valence-electron chi connectivity index (χ3n) is 2.00. The van der Waals surface area contributed by atoms with Crippen LogP contribution in [0.5, 0.6) is 5.75 Å². The lowest BCUT2D eigenvalue weighted by Crippen LogP contribution is -2.14. The molecule has 0 radical (unpaired) electrons. The second-order valence-corrected chi connectivity index (χ2v) is 3.34. The summed E-state index contributed by atoms with van der Waals surface area (Å²) in [4.78, 5) is 11.0. The van der Waals surface area contributed by atoms with E-state index >= 15 is 0 Å². The van der Waals surface area contributed by atoms with Gasteiger partial charge in [0.2, 0.25) is 0 Å². The van der Waals surface area contributed by atoms with Crippen LogP contribution in [0.3, 0.4) is 0 Å². The molecule has 0 amide bonds. The molecule has 0 heterocycles. The fraction of sp³-hybridized carbons (Fsp3) is 0.417. The fourth-order valence-corrected chi connectivity index (χ4v) is 1.21. The standard InChI is InChI=1S/C12H16O4/c1-3-15-12(14)8-16-11-6-4-5-10(7-11)9(2)13/h4-7,9,13H,3,8H2,1-2H3. The van der Waals surface area contributed by atoms with Crippen LogP contribution in [0, 0.1) is 0 Å². The molecule has 4 heteroatoms. The van der Waals surface area contributed by atoms with Gasteiger partial charge < -0.3 is 14.6 Å². The van der Waals surface area contributed by atoms with Gasteiger partial charge in [0.15, 0.2) is 6.61 Å². The molecule has 0 aliphatic rings. The fourth-order valence-electron chi connectivity index (χ4n) is 1.21. The highest BCUT2D eigenvalue weighted by Crippen LogP contribution is 2.18. The van der Waals surface area contributed by atoms with E-state index in [0.29, 0.717) is 12.4 Å². The Kier molecular flexibility index (Phi) is 4.79. The lowest BCUT2D eigenvalue weighted by molar-refractivity contribution is -0.145. The van der Waals surface area contributed by atoms with Gasteiger partial charge in [-0.1, -0.05) is 12.1 Å². The molecule has 0 spiro atoms. The van der Waals surface area contributed by atoms with Crippen LogP contribution < -0.4 is 4.74 Å². The van der Waals surface area contributed by atoms with E-state index in [4.69, 9.17) is 9.47 Å². The number of ether oxygens (including phenoxy) is 2. The number of esters is 1. The van der Waals surface area contributed by atoms with Gasteiger partial charge in [-0.2, -0.15) is 0 Å². The molecule has 1 atom stereocenters. The second kappa shape index (κ2) is 6.12. The molecule has 0 saturated carbocycles. The van der Waals surface area contributed by atoms with Crippen molar-refractivity contribution in [3.05, 3.63) is 29.8 Å². The molecule has 0 fully saturated rings. The van der Waals surface area contributed by atoms with Gasteiger partial charge in [-0.15, -0.1) is 0 Å². The summed E-state index contributed by atoms with van der Waals surface area (Å²) < 4.78 is 9.95. The molecular weight excluding hydrogens is 208 g/mol. The van der Waals surface area contributed by atoms with E-state index in [1.54, 1.807) is 38.1 Å². The zero-order valence-corrected chi connectivity index (χ0v) is 9.47. The Bertz CT molecular complexity index is 347. The van der Waals surface area contributed by atoms with Gasteiger partial charge in [0.25, 0.3) is 0 Å². The minimum atomic E-state index is -0.550. The largest absolute Gasteiger partial charge is 0.482 e. The first-order chi connectivity index (χ1) is 7.63. The highest BCUT2D eigenvalue weighted by molar-refractivity contribution is 5.71. The maximum Gasteiger partial charge on any atom is 0.344 e. The maximum atomic E-state index is 11.0. The Morgan fingerprint density at radius 1 is 1.50 bits per heavy atom. The van der Waals surface area contributed by atoms with Crippen LogP contribution in [-0.2, 0) is 9.53 Å². The van der Waals surface area contributed by atoms with Gasteiger partial charge in [-0.3, -0.25) is 0 Å². The average Bonchev–Trinajstić information content (AvgIpc) is 2.27. The average molecular weight is 224 g/mol. The number of rotatable bonds is 5. The molecule has 0 bridgehead atoms. The molecule has 0 aliphatic heterocycles. The third-order valence-corrected chi connectivity index (χ3v) is 2.00. The highest BCUT2D eigenvalue weighted by Gasteiger charge is 2.05. The molecule has 1 unspecified atom stereocenters. The van der Waals surface area contributed by atoms with Crippen molar-refractivity contribution in [2.75, 3.05) is 13.2 Å². The quantitative estimate of drug-likeness (QED) is 0.773. The molecule has 1 aromatic carbocycles. The summed E-state index contributed by atoms with van der Waals surface area (Å²) in [6, 6.07) is 6.99. The van der Waals surface area contributed by atoms with Crippen LogP contribution in [0.1, 0.15) is 25.5 Å². The SMILES string of the molecule is CCOC(=O)COc1cccc(C(C)O)c1. The number of benzene rings is 1. The van der Waals surface area contributed by atoms with E-state index in [0.717, 1.165) is 5.56 Å². The van der Waals surface area contributed by atoms with Gasteiger partial charge >= 0.3 is 5.97 Å². The minimum absolute atomic E-state index is 0.114. The van der Waals surface area contributed by atoms with Crippen LogP contribution in [0.4, 0.5) is 0 Å². The van der Waals surface area contributed by atoms with E-state index < -0.39 is 12.1 Å². The molecule has 4 nitrogen and oxygen atoms in total. The second-order valence-electron chi connectivity index (χ2n) is 3.34. The summed E-state index contributed by atoms with van der Waals surface area (Å²) in [6.07, 6.45) is -0.550. The predicted octanol–water partition coefficient (Wildman–Crippen LogP) is 1.68. The lowest BCUT2D eigenvalue weighted by Gasteiger charge is -2.08. The first-order valence-electron chi connectivity index (χ1n) is 5.20. The summed E-state index contributed by atoms with van der Waals surface area (Å²) >= 11 is 0. The molecule has 0 aliphatic carbocycles. The number of carbonyl (C=O) groups excluding carboxylic acids is 1. The predicted molar refractivity (Wildman–Crippen MR) is 59.2 cm³/mol. The van der Waals surface area contributed by atoms with Crippen LogP contribution in [-0.4, -0.2) is 24.3 Å². The van der Waals surface area contributed by atoms with E-state index in [9.17, 15) is 9.90 Å². The van der Waals surface area contributed by atoms with Gasteiger partial charge in [-0.05, 0) is 31.5 Å². The Morgan fingerprint density at radius 2 is 2.25 bits per heavy atom. The monoisotopic (exact) mass is 224 g/mol. The summed E-state index contributed by atoms with van der Waals surface area (Å²) in [6.45, 7) is 3.64. The summed E-state index contributed by atoms with van der Waals surface area (Å²) in [5, 5.41) is 9.36. The minimum Gasteiger partial charge on any atom is -0.482 e. The molecule has 0 aromatic heterocycles. The van der Waals surface area contributed by atoms with Crippen molar-refractivity contribution >= 4 is 5.97 Å². The summed E-state index contributed by atoms with van der Waals surface area (Å²) in [5.41, 5.74) is 0.751. The summed E-state index contributed by atoms with van der Waals surface area (Å²) in [7, 11) is 0. The Morgan fingerprint density at radius 3 is 2.88 bits per heavy atom. The van der Waals surface area contributed by atoms with Crippen molar-refractivity contribution in [3.63, 3.8) is 0 Å². The van der Waals surface area contributed by atoms with Crippen molar-refractivity contribution in [2.45, 2.75) is 20.0 Å². The highest BCUT2D eigenvalue weighted by atomic mass is 16.6. The van der Waals surface area contributed by atoms with Crippen molar-refractivity contribution in [3.8, 4) is 5.75 Å². The number of hydrogen-bond acceptors (Lipinski definition) is 4. The zero-order chi connectivity index (χ0) is 12.0. The summed E-state index contributed by atoms with van der Waals surface area (Å²) in [5.74, 6) is 0.149. The number of aliphatic hydroxyl groups excluding tert-OH is 1. The van der Waals surface area contributed by atoms with Gasteiger partial charge in [0, 0.05) is 0 Å². The van der Waals surface area contributed by atoms with Crippen molar-refractivity contribution in [1.82, 2.24) is 0 Å². The first-order valence-corrected chi connectivity index (χ1v) is 5.20. The number of carbonyl (C=O) groups is 1. The van der Waals surface area contributed by atoms with Crippen molar-refractivity contribution in [2.24, 2.45) is 0 Å². The van der Waals surface area contributed by atoms with E-state index in [1.807, 2.05) is 0 Å². The van der Waals surface area contributed by atoms with Gasteiger partial charge in [-0.25, -0.2) is 4.79 Å². The third kappa shape index (κ3) is 3.90. The molecule has 0 saturated heterocycles. The molecule has 1 N–H and O–H groups in total. The first kappa shape index (κ1) is 12.5. The van der Waals surface area contributed by atoms with Crippen LogP contribution in [0.2, 0.25) is 0 Å². The number of hydrogen-bond donors (Lipinski definition) is 1. The zero-order valence-electron chi connectivity index (χ0n) is 9.47. The van der Waals surface area contributed by atoms with Gasteiger partial charge in [0.05, 0.1) is 12.7 Å². The van der Waals surface area contributed by atoms with E-state index in [2.05, 4.69) is 0 Å². The lowest BCUT2D eigenvalue weighted by atomic mass is 10.1. The number of aliphatic hydroxyl groups is 1. The molecule has 1 aromatic rings. The Labute approximate surface area is 94.8 Å². The van der Waals surface area contributed by atoms with E-state index in [1.165, 1.54) is 0 Å². The molecule has 16 heavy (non-hydrogen) atoms. The maximum absolute atomic E-state index is 11.0. The van der Waals surface area contributed by atoms with Crippen LogP contribution in [0.25, 0.3) is 0 Å². The van der Waals surface area contributed by atoms with Gasteiger partial charge in [0.1, 0.15) is 5.75 Å². The molecule has 88 valence electrons. The topological polar surface area (TPSA) is 55.8 Å². The van der Waals surface area contributed by atoms with Crippen molar-refractivity contribution in [1.29, 1.82) is 0 Å². The van der Waals surface area contributed by atoms with Crippen molar-refractivity contribution < 1.29 is 19.4 Å². The smallest absolute Gasteiger partial charge is 0.344 e. The van der Waals surface area contributed by atoms with Crippen LogP contribution in [0.15, 0.2) is 24.3 Å². The van der Waals surface area contributed by atoms with Crippen LogP contribution >= 0.6 is 0 Å².